The van der Waals surface area contributed by atoms with Gasteiger partial charge in [0.15, 0.2) is 18.3 Å². The van der Waals surface area contributed by atoms with Crippen molar-refractivity contribution in [3.05, 3.63) is 51.7 Å². The lowest BCUT2D eigenvalue weighted by Crippen LogP contribution is -2.41. The zero-order valence-electron chi connectivity index (χ0n) is 13.9. The summed E-state index contributed by atoms with van der Waals surface area (Å²) >= 11 is 0. The molecule has 0 aromatic heterocycles. The van der Waals surface area contributed by atoms with Gasteiger partial charge in [-0.05, 0) is 25.0 Å². The molecule has 0 saturated carbocycles. The second kappa shape index (κ2) is 6.14. The van der Waals surface area contributed by atoms with E-state index in [1.165, 1.54) is 31.6 Å². The van der Waals surface area contributed by atoms with Crippen molar-refractivity contribution < 1.29 is 9.50 Å². The predicted molar refractivity (Wildman–Crippen MR) is 90.7 cm³/mol. The van der Waals surface area contributed by atoms with Gasteiger partial charge in [0.25, 0.3) is 5.69 Å². The quantitative estimate of drug-likeness (QED) is 0.486. The first-order chi connectivity index (χ1) is 11.0. The van der Waals surface area contributed by atoms with Crippen molar-refractivity contribution in [2.45, 2.75) is 45.2 Å². The SMILES string of the molecule is CC1(C)CC(N2CCCC2)=CC=[N+]1Cc1ccc([N+](=O)[O-])cc1. The molecule has 122 valence electrons. The van der Waals surface area contributed by atoms with E-state index in [9.17, 15) is 10.1 Å². The smallest absolute Gasteiger partial charge is 0.269 e. The highest BCUT2D eigenvalue weighted by Crippen LogP contribution is 2.28. The van der Waals surface area contributed by atoms with Crippen molar-refractivity contribution in [2.75, 3.05) is 13.1 Å². The summed E-state index contributed by atoms with van der Waals surface area (Å²) in [4.78, 5) is 12.9. The van der Waals surface area contributed by atoms with Gasteiger partial charge in [-0.3, -0.25) is 10.1 Å². The number of hydrogen-bond donors (Lipinski definition) is 0. The molecule has 0 atom stereocenters. The van der Waals surface area contributed by atoms with Gasteiger partial charge in [0.1, 0.15) is 0 Å². The fraction of sp³-hybridized carbons (Fsp3) is 0.500. The van der Waals surface area contributed by atoms with Gasteiger partial charge in [0.2, 0.25) is 0 Å². The van der Waals surface area contributed by atoms with E-state index in [2.05, 4.69) is 35.6 Å². The Hall–Kier alpha value is -2.17. The van der Waals surface area contributed by atoms with Crippen LogP contribution in [0.25, 0.3) is 0 Å². The Morgan fingerprint density at radius 2 is 1.87 bits per heavy atom. The number of benzene rings is 1. The Balaban J connectivity index is 1.76. The molecule has 0 amide bonds. The molecule has 0 N–H and O–H groups in total. The summed E-state index contributed by atoms with van der Waals surface area (Å²) in [6, 6.07) is 6.86. The average molecular weight is 314 g/mol. The molecule has 0 spiro atoms. The highest BCUT2D eigenvalue weighted by Gasteiger charge is 2.35. The second-order valence-corrected chi connectivity index (χ2v) is 7.04. The Morgan fingerprint density at radius 1 is 1.22 bits per heavy atom. The number of nitro groups is 1. The Kier molecular flexibility index (Phi) is 4.20. The third-order valence-electron chi connectivity index (χ3n) is 4.85. The molecule has 2 heterocycles. The molecule has 1 saturated heterocycles. The summed E-state index contributed by atoms with van der Waals surface area (Å²) in [5.74, 6) is 0. The van der Waals surface area contributed by atoms with Crippen LogP contribution in [-0.4, -0.2) is 39.2 Å². The minimum Gasteiger partial charge on any atom is -0.374 e. The van der Waals surface area contributed by atoms with Crippen molar-refractivity contribution in [3.8, 4) is 0 Å². The number of rotatable bonds is 4. The lowest BCUT2D eigenvalue weighted by molar-refractivity contribution is -0.612. The maximum absolute atomic E-state index is 10.7. The molecule has 1 aromatic carbocycles. The Labute approximate surface area is 137 Å². The third-order valence-corrected chi connectivity index (χ3v) is 4.85. The molecule has 0 bridgehead atoms. The van der Waals surface area contributed by atoms with E-state index in [4.69, 9.17) is 0 Å². The van der Waals surface area contributed by atoms with Crippen LogP contribution in [0.4, 0.5) is 5.69 Å². The van der Waals surface area contributed by atoms with Gasteiger partial charge in [-0.25, -0.2) is 4.58 Å². The predicted octanol–water partition coefficient (Wildman–Crippen LogP) is 3.34. The van der Waals surface area contributed by atoms with Crippen molar-refractivity contribution in [1.29, 1.82) is 0 Å². The Morgan fingerprint density at radius 3 is 2.43 bits per heavy atom. The molecule has 0 aliphatic carbocycles. The van der Waals surface area contributed by atoms with Crippen LogP contribution in [0.2, 0.25) is 0 Å². The van der Waals surface area contributed by atoms with E-state index in [0.717, 1.165) is 18.5 Å². The van der Waals surface area contributed by atoms with E-state index < -0.39 is 0 Å². The number of allylic oxidation sites excluding steroid dienone is 1. The number of hydrogen-bond acceptors (Lipinski definition) is 3. The van der Waals surface area contributed by atoms with Crippen LogP contribution in [-0.2, 0) is 6.54 Å². The molecule has 2 aliphatic heterocycles. The fourth-order valence-electron chi connectivity index (χ4n) is 3.39. The van der Waals surface area contributed by atoms with Crippen LogP contribution in [0, 0.1) is 10.1 Å². The van der Waals surface area contributed by atoms with E-state index in [0.29, 0.717) is 0 Å². The molecular weight excluding hydrogens is 290 g/mol. The van der Waals surface area contributed by atoms with Gasteiger partial charge in [0.05, 0.1) is 11.3 Å². The number of non-ortho nitro benzene ring substituents is 1. The summed E-state index contributed by atoms with van der Waals surface area (Å²) in [5, 5.41) is 10.7. The first-order valence-corrected chi connectivity index (χ1v) is 8.25. The lowest BCUT2D eigenvalue weighted by atomic mass is 9.93. The summed E-state index contributed by atoms with van der Waals surface area (Å²) in [6.45, 7) is 7.65. The minimum absolute atomic E-state index is 0.0500. The molecular formula is C18H24N3O2+. The van der Waals surface area contributed by atoms with Crippen molar-refractivity contribution in [2.24, 2.45) is 0 Å². The van der Waals surface area contributed by atoms with Gasteiger partial charge in [-0.1, -0.05) is 0 Å². The van der Waals surface area contributed by atoms with Crippen molar-refractivity contribution in [1.82, 2.24) is 4.90 Å². The lowest BCUT2D eigenvalue weighted by Gasteiger charge is -2.31. The minimum atomic E-state index is -0.355. The maximum atomic E-state index is 10.7. The standard InChI is InChI=1S/C18H24N3O2/c1-18(2)13-17(19-10-3-4-11-19)9-12-20(18)14-15-5-7-16(8-6-15)21(22)23/h5-9,12H,3-4,10-11,13-14H2,1-2H3/q+1. The number of nitrogens with zero attached hydrogens (tertiary/aromatic N) is 3. The van der Waals surface area contributed by atoms with Crippen LogP contribution in [0.1, 0.15) is 38.7 Å². The molecule has 23 heavy (non-hydrogen) atoms. The topological polar surface area (TPSA) is 49.4 Å². The third kappa shape index (κ3) is 3.44. The highest BCUT2D eigenvalue weighted by molar-refractivity contribution is 5.68. The van der Waals surface area contributed by atoms with Crippen LogP contribution < -0.4 is 0 Å². The average Bonchev–Trinajstić information content (AvgIpc) is 3.04. The van der Waals surface area contributed by atoms with Gasteiger partial charge >= 0.3 is 0 Å². The van der Waals surface area contributed by atoms with E-state index in [-0.39, 0.29) is 16.1 Å². The van der Waals surface area contributed by atoms with Gasteiger partial charge in [-0.2, -0.15) is 0 Å². The zero-order chi connectivity index (χ0) is 16.4. The van der Waals surface area contributed by atoms with Gasteiger partial charge in [-0.15, -0.1) is 0 Å². The van der Waals surface area contributed by atoms with Gasteiger partial charge in [0, 0.05) is 56.4 Å². The molecule has 1 fully saturated rings. The monoisotopic (exact) mass is 314 g/mol. The summed E-state index contributed by atoms with van der Waals surface area (Å²) in [6.07, 6.45) is 8.05. The molecule has 5 nitrogen and oxygen atoms in total. The number of nitro benzene ring substituents is 1. The first kappa shape index (κ1) is 15.7. The van der Waals surface area contributed by atoms with Crippen LogP contribution in [0.3, 0.4) is 0 Å². The largest absolute Gasteiger partial charge is 0.374 e. The fourth-order valence-corrected chi connectivity index (χ4v) is 3.39. The zero-order valence-corrected chi connectivity index (χ0v) is 13.9. The van der Waals surface area contributed by atoms with E-state index >= 15 is 0 Å². The second-order valence-electron chi connectivity index (χ2n) is 7.04. The molecule has 2 aliphatic rings. The summed E-state index contributed by atoms with van der Waals surface area (Å²) < 4.78 is 2.33. The summed E-state index contributed by atoms with van der Waals surface area (Å²) in [5.41, 5.74) is 2.73. The first-order valence-electron chi connectivity index (χ1n) is 8.25. The number of likely N-dealkylation sites (tertiary alicyclic amines) is 1. The van der Waals surface area contributed by atoms with E-state index in [1.54, 1.807) is 12.1 Å². The maximum Gasteiger partial charge on any atom is 0.269 e. The van der Waals surface area contributed by atoms with Crippen molar-refractivity contribution in [3.63, 3.8) is 0 Å². The van der Waals surface area contributed by atoms with Crippen LogP contribution >= 0.6 is 0 Å². The highest BCUT2D eigenvalue weighted by atomic mass is 16.6. The van der Waals surface area contributed by atoms with Crippen LogP contribution in [0.5, 0.6) is 0 Å². The van der Waals surface area contributed by atoms with Crippen molar-refractivity contribution >= 4 is 11.9 Å². The normalized spacial score (nSPS) is 20.2. The molecule has 1 aromatic rings. The molecule has 3 rings (SSSR count). The Bertz CT molecular complexity index is 653. The summed E-state index contributed by atoms with van der Waals surface area (Å²) in [7, 11) is 0. The van der Waals surface area contributed by atoms with Crippen LogP contribution in [0.15, 0.2) is 36.0 Å². The van der Waals surface area contributed by atoms with E-state index in [1.807, 2.05) is 12.1 Å². The molecule has 5 heteroatoms. The molecule has 0 unspecified atom stereocenters. The van der Waals surface area contributed by atoms with Gasteiger partial charge < -0.3 is 4.90 Å². The molecule has 0 radical (unpaired) electrons.